The Morgan fingerprint density at radius 1 is 1.20 bits per heavy atom. The summed E-state index contributed by atoms with van der Waals surface area (Å²) in [4.78, 5) is 16.5. The molecule has 0 aromatic heterocycles. The van der Waals surface area contributed by atoms with Crippen molar-refractivity contribution in [1.82, 2.24) is 10.3 Å². The molecule has 0 spiro atoms. The zero-order valence-electron chi connectivity index (χ0n) is 14.1. The molecule has 0 aliphatic carbocycles. The van der Waals surface area contributed by atoms with Crippen molar-refractivity contribution in [2.45, 2.75) is 11.6 Å². The first kappa shape index (κ1) is 18.0. The van der Waals surface area contributed by atoms with Crippen molar-refractivity contribution in [2.24, 2.45) is 0 Å². The normalized spacial score (nSPS) is 18.0. The van der Waals surface area contributed by atoms with Gasteiger partial charge in [-0.15, -0.1) is 24.4 Å². The van der Waals surface area contributed by atoms with Crippen LogP contribution in [0, 0.1) is 6.92 Å². The first-order valence-electron chi connectivity index (χ1n) is 8.07. The largest absolute Gasteiger partial charge is 0.338 e. The van der Waals surface area contributed by atoms with Crippen LogP contribution in [0.4, 0.5) is 11.4 Å². The van der Waals surface area contributed by atoms with Gasteiger partial charge in [-0.05, 0) is 31.2 Å². The molecule has 2 aromatic rings. The molecular weight excluding hydrogens is 352 g/mol. The van der Waals surface area contributed by atoms with Crippen molar-refractivity contribution in [1.29, 1.82) is 0 Å². The molecule has 1 atom stereocenters. The second kappa shape index (κ2) is 8.51. The van der Waals surface area contributed by atoms with Crippen LogP contribution >= 0.6 is 24.4 Å². The molecular formula is C18H22N4OS2. The van der Waals surface area contributed by atoms with E-state index in [0.29, 0.717) is 13.2 Å². The number of anilines is 2. The smallest absolute Gasteiger partial charge is 0.252 e. The first-order chi connectivity index (χ1) is 12.1. The Labute approximate surface area is 158 Å². The van der Waals surface area contributed by atoms with Gasteiger partial charge in [0.25, 0.3) is 5.91 Å². The number of carbonyl (C=O) groups excluding carboxylic acids is 1. The lowest BCUT2D eigenvalue weighted by Gasteiger charge is -2.40. The van der Waals surface area contributed by atoms with Gasteiger partial charge >= 0.3 is 0 Å². The molecule has 7 heteroatoms. The molecule has 1 aliphatic rings. The van der Waals surface area contributed by atoms with E-state index in [4.69, 9.17) is 0 Å². The van der Waals surface area contributed by atoms with Crippen molar-refractivity contribution in [3.05, 3.63) is 60.2 Å². The molecule has 2 N–H and O–H groups in total. The van der Waals surface area contributed by atoms with Gasteiger partial charge in [0.1, 0.15) is 4.71 Å². The van der Waals surface area contributed by atoms with Gasteiger partial charge in [-0.25, -0.2) is 0 Å². The van der Waals surface area contributed by atoms with Crippen LogP contribution in [0.15, 0.2) is 54.6 Å². The van der Waals surface area contributed by atoms with Crippen LogP contribution in [0.2, 0.25) is 0 Å². The van der Waals surface area contributed by atoms with Gasteiger partial charge in [-0.1, -0.05) is 35.9 Å². The van der Waals surface area contributed by atoms with Crippen molar-refractivity contribution in [2.75, 3.05) is 29.4 Å². The van der Waals surface area contributed by atoms with Gasteiger partial charge in [0, 0.05) is 11.6 Å². The number of benzene rings is 2. The van der Waals surface area contributed by atoms with Gasteiger partial charge < -0.3 is 4.90 Å². The third kappa shape index (κ3) is 5.07. The number of carbonyl (C=O) groups is 1. The average Bonchev–Trinajstić information content (AvgIpc) is 2.63. The number of aryl methyl sites for hydroxylation is 1. The lowest BCUT2D eigenvalue weighted by atomic mass is 10.2. The van der Waals surface area contributed by atoms with Gasteiger partial charge in [0.15, 0.2) is 0 Å². The number of amides is 1. The monoisotopic (exact) mass is 374 g/mol. The topological polar surface area (TPSA) is 47.6 Å². The summed E-state index contributed by atoms with van der Waals surface area (Å²) in [5.74, 6) is 0.710. The Morgan fingerprint density at radius 3 is 2.64 bits per heavy atom. The molecule has 25 heavy (non-hydrogen) atoms. The molecule has 5 nitrogen and oxygen atoms in total. The number of hydrazine groups is 1. The molecule has 0 saturated carbocycles. The Bertz CT molecular complexity index is 696. The maximum atomic E-state index is 12.2. The SMILES string of the molecule is Cc1ccc(NNC(=O)CN2CSC(S)N(c3ccccc3)C2)cc1. The van der Waals surface area contributed by atoms with Crippen LogP contribution in [0.25, 0.3) is 0 Å². The van der Waals surface area contributed by atoms with Crippen LogP contribution in [0.5, 0.6) is 0 Å². The fraction of sp³-hybridized carbons (Fsp3) is 0.278. The van der Waals surface area contributed by atoms with Crippen LogP contribution < -0.4 is 15.8 Å². The van der Waals surface area contributed by atoms with E-state index < -0.39 is 0 Å². The Hall–Kier alpha value is -1.83. The molecule has 1 saturated heterocycles. The number of nitrogens with zero attached hydrogens (tertiary/aromatic N) is 2. The molecule has 2 aromatic carbocycles. The zero-order valence-corrected chi connectivity index (χ0v) is 15.8. The summed E-state index contributed by atoms with van der Waals surface area (Å²) in [5, 5.41) is 0. The highest BCUT2D eigenvalue weighted by Crippen LogP contribution is 2.30. The summed E-state index contributed by atoms with van der Waals surface area (Å²) < 4.78 is 0.0902. The summed E-state index contributed by atoms with van der Waals surface area (Å²) in [6.07, 6.45) is 0. The number of thioether (sulfide) groups is 1. The Balaban J connectivity index is 1.52. The van der Waals surface area contributed by atoms with E-state index in [-0.39, 0.29) is 10.6 Å². The highest BCUT2D eigenvalue weighted by Gasteiger charge is 2.26. The number of hydrogen-bond donors (Lipinski definition) is 3. The molecule has 0 bridgehead atoms. The number of rotatable bonds is 5. The Kier molecular flexibility index (Phi) is 6.12. The second-order valence-corrected chi connectivity index (χ2v) is 7.81. The minimum atomic E-state index is -0.0631. The van der Waals surface area contributed by atoms with E-state index >= 15 is 0 Å². The third-order valence-corrected chi connectivity index (χ3v) is 5.67. The molecule has 1 heterocycles. The van der Waals surface area contributed by atoms with E-state index in [1.807, 2.05) is 49.4 Å². The summed E-state index contributed by atoms with van der Waals surface area (Å²) in [6, 6.07) is 18.0. The molecule has 1 aliphatic heterocycles. The van der Waals surface area contributed by atoms with Crippen molar-refractivity contribution in [3.63, 3.8) is 0 Å². The van der Waals surface area contributed by atoms with E-state index in [2.05, 4.69) is 45.4 Å². The van der Waals surface area contributed by atoms with Crippen molar-refractivity contribution >= 4 is 41.7 Å². The predicted molar refractivity (Wildman–Crippen MR) is 109 cm³/mol. The standard InChI is InChI=1S/C18H22N4OS2/c1-14-7-9-15(10-8-14)19-20-17(23)11-21-12-22(18(24)25-13-21)16-5-3-2-4-6-16/h2-10,18-19,24H,11-13H2,1H3,(H,20,23). The number of nitrogens with one attached hydrogen (secondary N) is 2. The first-order valence-corrected chi connectivity index (χ1v) is 9.63. The molecule has 0 radical (unpaired) electrons. The molecule has 1 amide bonds. The quantitative estimate of drug-likeness (QED) is 0.555. The molecule has 1 fully saturated rings. The minimum absolute atomic E-state index is 0.0631. The van der Waals surface area contributed by atoms with Crippen LogP contribution in [-0.2, 0) is 4.79 Å². The Morgan fingerprint density at radius 2 is 1.92 bits per heavy atom. The maximum absolute atomic E-state index is 12.2. The number of hydrogen-bond acceptors (Lipinski definition) is 6. The summed E-state index contributed by atoms with van der Waals surface area (Å²) in [5.41, 5.74) is 8.87. The summed E-state index contributed by atoms with van der Waals surface area (Å²) in [6.45, 7) is 3.03. The predicted octanol–water partition coefficient (Wildman–Crippen LogP) is 3.12. The van der Waals surface area contributed by atoms with E-state index in [1.165, 1.54) is 5.56 Å². The summed E-state index contributed by atoms with van der Waals surface area (Å²) in [7, 11) is 0. The maximum Gasteiger partial charge on any atom is 0.252 e. The fourth-order valence-corrected chi connectivity index (χ4v) is 3.83. The lowest BCUT2D eigenvalue weighted by molar-refractivity contribution is -0.121. The number of thiol groups is 1. The summed E-state index contributed by atoms with van der Waals surface area (Å²) >= 11 is 6.35. The van der Waals surface area contributed by atoms with Crippen molar-refractivity contribution < 1.29 is 4.79 Å². The van der Waals surface area contributed by atoms with Gasteiger partial charge in [0.2, 0.25) is 0 Å². The lowest BCUT2D eigenvalue weighted by Crippen LogP contribution is -2.49. The van der Waals surface area contributed by atoms with Gasteiger partial charge in [-0.3, -0.25) is 20.5 Å². The van der Waals surface area contributed by atoms with Crippen molar-refractivity contribution in [3.8, 4) is 0 Å². The fourth-order valence-electron chi connectivity index (χ4n) is 2.53. The highest BCUT2D eigenvalue weighted by molar-refractivity contribution is 8.10. The average molecular weight is 375 g/mol. The van der Waals surface area contributed by atoms with Gasteiger partial charge in [0.05, 0.1) is 18.9 Å². The van der Waals surface area contributed by atoms with Crippen LogP contribution in [0.1, 0.15) is 5.56 Å². The van der Waals surface area contributed by atoms with Gasteiger partial charge in [-0.2, -0.15) is 0 Å². The molecule has 1 unspecified atom stereocenters. The van der Waals surface area contributed by atoms with E-state index in [9.17, 15) is 4.79 Å². The second-order valence-electron chi connectivity index (χ2n) is 5.94. The highest BCUT2D eigenvalue weighted by atomic mass is 32.2. The molecule has 132 valence electrons. The minimum Gasteiger partial charge on any atom is -0.338 e. The zero-order chi connectivity index (χ0) is 17.6. The molecule has 3 rings (SSSR count). The van der Waals surface area contributed by atoms with Crippen LogP contribution in [-0.4, -0.2) is 34.6 Å². The third-order valence-electron chi connectivity index (χ3n) is 3.88. The van der Waals surface area contributed by atoms with E-state index in [0.717, 1.165) is 17.3 Å². The van der Waals surface area contributed by atoms with Crippen LogP contribution in [0.3, 0.4) is 0 Å². The number of para-hydroxylation sites is 1. The van der Waals surface area contributed by atoms with E-state index in [1.54, 1.807) is 11.8 Å².